The zero-order chi connectivity index (χ0) is 9.47. The Labute approximate surface area is 77.5 Å². The molecule has 1 aromatic rings. The van der Waals surface area contributed by atoms with Crippen LogP contribution < -0.4 is 0 Å². The summed E-state index contributed by atoms with van der Waals surface area (Å²) < 4.78 is 0. The maximum Gasteiger partial charge on any atom is 0.131 e. The van der Waals surface area contributed by atoms with Gasteiger partial charge in [0.05, 0.1) is 11.1 Å². The largest absolute Gasteiger partial charge is 0.302 e. The van der Waals surface area contributed by atoms with E-state index in [-0.39, 0.29) is 0 Å². The van der Waals surface area contributed by atoms with Crippen molar-refractivity contribution < 1.29 is 4.79 Å². The fourth-order valence-electron chi connectivity index (χ4n) is 1.91. The maximum atomic E-state index is 10.9. The molecular weight excluding hydrogens is 164 g/mol. The summed E-state index contributed by atoms with van der Waals surface area (Å²) in [4.78, 5) is 10.9. The minimum absolute atomic E-state index is 0.436. The summed E-state index contributed by atoms with van der Waals surface area (Å²) in [6.07, 6.45) is 4.31. The molecule has 3 nitrogen and oxygen atoms in total. The van der Waals surface area contributed by atoms with Crippen molar-refractivity contribution in [3.05, 3.63) is 17.0 Å². The van der Waals surface area contributed by atoms with Crippen LogP contribution in [0.4, 0.5) is 0 Å². The predicted octanol–water partition coefficient (Wildman–Crippen LogP) is 1.37. The molecule has 1 aliphatic rings. The highest BCUT2D eigenvalue weighted by Gasteiger charge is 2.29. The van der Waals surface area contributed by atoms with Crippen molar-refractivity contribution in [1.82, 2.24) is 10.2 Å². The second-order valence-corrected chi connectivity index (χ2v) is 4.22. The summed E-state index contributed by atoms with van der Waals surface area (Å²) in [5.74, 6) is 0. The van der Waals surface area contributed by atoms with E-state index in [1.807, 2.05) is 13.8 Å². The number of rotatable bonds is 2. The summed E-state index contributed by atoms with van der Waals surface area (Å²) in [6, 6.07) is 0. The van der Waals surface area contributed by atoms with Crippen molar-refractivity contribution in [3.8, 4) is 0 Å². The van der Waals surface area contributed by atoms with Crippen molar-refractivity contribution in [2.24, 2.45) is 0 Å². The Bertz CT molecular complexity index is 339. The van der Waals surface area contributed by atoms with Gasteiger partial charge in [-0.1, -0.05) is 0 Å². The fourth-order valence-corrected chi connectivity index (χ4v) is 1.91. The van der Waals surface area contributed by atoms with E-state index >= 15 is 0 Å². The summed E-state index contributed by atoms with van der Waals surface area (Å²) in [5, 5.41) is 7.24. The zero-order valence-electron chi connectivity index (χ0n) is 8.05. The minimum atomic E-state index is -0.436. The molecule has 0 fully saturated rings. The normalized spacial score (nSPS) is 15.8. The quantitative estimate of drug-likeness (QED) is 0.695. The second-order valence-electron chi connectivity index (χ2n) is 4.22. The molecular formula is C10H14N2O. The van der Waals surface area contributed by atoms with Gasteiger partial charge in [-0.2, -0.15) is 5.10 Å². The predicted molar refractivity (Wildman–Crippen MR) is 49.7 cm³/mol. The van der Waals surface area contributed by atoms with Crippen LogP contribution in [-0.2, 0) is 23.1 Å². The Morgan fingerprint density at radius 1 is 1.46 bits per heavy atom. The van der Waals surface area contributed by atoms with Gasteiger partial charge in [-0.15, -0.1) is 0 Å². The molecule has 0 aromatic carbocycles. The molecule has 0 amide bonds. The summed E-state index contributed by atoms with van der Waals surface area (Å²) in [5.41, 5.74) is 3.01. The molecule has 70 valence electrons. The number of aromatic amines is 1. The van der Waals surface area contributed by atoms with Crippen LogP contribution in [0.25, 0.3) is 0 Å². The van der Waals surface area contributed by atoms with Crippen molar-refractivity contribution in [2.45, 2.75) is 38.5 Å². The van der Waals surface area contributed by atoms with Crippen molar-refractivity contribution >= 4 is 6.29 Å². The number of hydrogen-bond acceptors (Lipinski definition) is 2. The molecule has 1 N–H and O–H groups in total. The number of nitrogens with zero attached hydrogens (tertiary/aromatic N) is 1. The molecule has 13 heavy (non-hydrogen) atoms. The van der Waals surface area contributed by atoms with E-state index in [4.69, 9.17) is 0 Å². The lowest BCUT2D eigenvalue weighted by Gasteiger charge is -2.14. The Balaban J connectivity index is 2.47. The second kappa shape index (κ2) is 2.69. The maximum absolute atomic E-state index is 10.9. The lowest BCUT2D eigenvalue weighted by Crippen LogP contribution is -2.20. The van der Waals surface area contributed by atoms with Gasteiger partial charge in [0.2, 0.25) is 0 Å². The number of carbonyl (C=O) groups excluding carboxylic acids is 1. The molecule has 0 saturated heterocycles. The first kappa shape index (κ1) is 8.48. The Morgan fingerprint density at radius 2 is 2.23 bits per heavy atom. The smallest absolute Gasteiger partial charge is 0.131 e. The van der Waals surface area contributed by atoms with Crippen LogP contribution in [0.3, 0.4) is 0 Å². The van der Waals surface area contributed by atoms with Gasteiger partial charge in [-0.05, 0) is 38.7 Å². The number of aldehydes is 1. The molecule has 1 heterocycles. The highest BCUT2D eigenvalue weighted by molar-refractivity contribution is 5.67. The number of carbonyl (C=O) groups is 1. The molecule has 1 aliphatic carbocycles. The molecule has 0 aliphatic heterocycles. The van der Waals surface area contributed by atoms with Gasteiger partial charge in [0, 0.05) is 5.69 Å². The number of fused-ring (bicyclic) bond motifs is 1. The van der Waals surface area contributed by atoms with E-state index in [0.29, 0.717) is 0 Å². The standard InChI is InChI=1S/C10H14N2O/c1-10(2,6-13)9-7-4-3-5-8(7)11-12-9/h6H,3-5H2,1-2H3,(H,11,12). The Hall–Kier alpha value is -1.12. The van der Waals surface area contributed by atoms with Gasteiger partial charge in [0.15, 0.2) is 0 Å². The molecule has 0 unspecified atom stereocenters. The zero-order valence-corrected chi connectivity index (χ0v) is 8.05. The molecule has 1 aromatic heterocycles. The van der Waals surface area contributed by atoms with E-state index in [1.165, 1.54) is 17.7 Å². The van der Waals surface area contributed by atoms with Crippen molar-refractivity contribution in [1.29, 1.82) is 0 Å². The average molecular weight is 178 g/mol. The summed E-state index contributed by atoms with van der Waals surface area (Å²) in [6.45, 7) is 3.82. The molecule has 2 rings (SSSR count). The summed E-state index contributed by atoms with van der Waals surface area (Å²) in [7, 11) is 0. The first-order valence-corrected chi connectivity index (χ1v) is 4.68. The van der Waals surface area contributed by atoms with Gasteiger partial charge >= 0.3 is 0 Å². The minimum Gasteiger partial charge on any atom is -0.302 e. The molecule has 0 spiro atoms. The van der Waals surface area contributed by atoms with E-state index in [9.17, 15) is 4.79 Å². The van der Waals surface area contributed by atoms with E-state index < -0.39 is 5.41 Å². The molecule has 0 radical (unpaired) electrons. The van der Waals surface area contributed by atoms with Gasteiger partial charge < -0.3 is 4.79 Å². The van der Waals surface area contributed by atoms with Crippen molar-refractivity contribution in [2.75, 3.05) is 0 Å². The van der Waals surface area contributed by atoms with Crippen LogP contribution in [0.1, 0.15) is 37.2 Å². The van der Waals surface area contributed by atoms with Crippen LogP contribution in [0.5, 0.6) is 0 Å². The van der Waals surface area contributed by atoms with Gasteiger partial charge in [-0.25, -0.2) is 0 Å². The summed E-state index contributed by atoms with van der Waals surface area (Å²) >= 11 is 0. The highest BCUT2D eigenvalue weighted by Crippen LogP contribution is 2.29. The third-order valence-corrected chi connectivity index (χ3v) is 2.71. The van der Waals surface area contributed by atoms with E-state index in [1.54, 1.807) is 0 Å². The third-order valence-electron chi connectivity index (χ3n) is 2.71. The third kappa shape index (κ3) is 1.19. The van der Waals surface area contributed by atoms with Gasteiger partial charge in [0.25, 0.3) is 0 Å². The topological polar surface area (TPSA) is 45.8 Å². The number of aryl methyl sites for hydroxylation is 1. The number of H-pyrrole nitrogens is 1. The Kier molecular flexibility index (Phi) is 1.75. The monoisotopic (exact) mass is 178 g/mol. The van der Waals surface area contributed by atoms with Crippen molar-refractivity contribution in [3.63, 3.8) is 0 Å². The molecule has 3 heteroatoms. The van der Waals surface area contributed by atoms with E-state index in [2.05, 4.69) is 10.2 Å². The Morgan fingerprint density at radius 3 is 2.92 bits per heavy atom. The SMILES string of the molecule is CC(C)(C=O)c1n[nH]c2c1CCC2. The molecule has 0 atom stereocenters. The first-order chi connectivity index (χ1) is 6.15. The molecule has 0 bridgehead atoms. The number of nitrogens with one attached hydrogen (secondary N) is 1. The van der Waals surface area contributed by atoms with Gasteiger partial charge in [0.1, 0.15) is 6.29 Å². The average Bonchev–Trinajstić information content (AvgIpc) is 2.62. The van der Waals surface area contributed by atoms with Crippen LogP contribution in [0, 0.1) is 0 Å². The molecule has 0 saturated carbocycles. The van der Waals surface area contributed by atoms with Crippen LogP contribution in [0.2, 0.25) is 0 Å². The fraction of sp³-hybridized carbons (Fsp3) is 0.600. The van der Waals surface area contributed by atoms with E-state index in [0.717, 1.165) is 24.8 Å². The van der Waals surface area contributed by atoms with Gasteiger partial charge in [-0.3, -0.25) is 5.10 Å². The lowest BCUT2D eigenvalue weighted by molar-refractivity contribution is -0.111. The van der Waals surface area contributed by atoms with Crippen LogP contribution in [0.15, 0.2) is 0 Å². The highest BCUT2D eigenvalue weighted by atomic mass is 16.1. The lowest BCUT2D eigenvalue weighted by atomic mass is 9.88. The first-order valence-electron chi connectivity index (χ1n) is 4.68. The van der Waals surface area contributed by atoms with Crippen LogP contribution >= 0.6 is 0 Å². The number of aromatic nitrogens is 2. The van der Waals surface area contributed by atoms with Crippen LogP contribution in [-0.4, -0.2) is 16.5 Å². The number of hydrogen-bond donors (Lipinski definition) is 1.